The van der Waals surface area contributed by atoms with Crippen LogP contribution in [0.25, 0.3) is 0 Å². The summed E-state index contributed by atoms with van der Waals surface area (Å²) in [4.78, 5) is 12.2. The van der Waals surface area contributed by atoms with Crippen molar-refractivity contribution in [3.8, 4) is 5.75 Å². The van der Waals surface area contributed by atoms with Crippen LogP contribution in [0.1, 0.15) is 10.4 Å². The zero-order valence-corrected chi connectivity index (χ0v) is 13.0. The number of nitrogens with zero attached hydrogens (tertiary/aromatic N) is 1. The van der Waals surface area contributed by atoms with Crippen molar-refractivity contribution in [3.05, 3.63) is 54.1 Å². The standard InChI is InChI=1S/C15H16N2O4S/c1-17(2)22(20,21)14-8-6-11(7-9-14)15(19)16-12-4-3-5-13(18)10-12/h3-10,18H,1-2H3,(H,16,19). The Morgan fingerprint density at radius 1 is 1.09 bits per heavy atom. The van der Waals surface area contributed by atoms with E-state index in [0.29, 0.717) is 11.3 Å². The van der Waals surface area contributed by atoms with Crippen molar-refractivity contribution < 1.29 is 18.3 Å². The average molecular weight is 320 g/mol. The second-order valence-corrected chi connectivity index (χ2v) is 6.97. The van der Waals surface area contributed by atoms with Crippen molar-refractivity contribution >= 4 is 21.6 Å². The fourth-order valence-corrected chi connectivity index (χ4v) is 2.68. The quantitative estimate of drug-likeness (QED) is 0.901. The Labute approximate surface area is 129 Å². The Bertz CT molecular complexity index is 783. The van der Waals surface area contributed by atoms with Crippen molar-refractivity contribution in [2.45, 2.75) is 4.90 Å². The molecular formula is C15H16N2O4S. The van der Waals surface area contributed by atoms with Crippen LogP contribution in [0.4, 0.5) is 5.69 Å². The lowest BCUT2D eigenvalue weighted by Gasteiger charge is -2.11. The molecule has 0 aliphatic carbocycles. The Hall–Kier alpha value is -2.38. The van der Waals surface area contributed by atoms with Crippen LogP contribution in [0.15, 0.2) is 53.4 Å². The molecule has 2 N–H and O–H groups in total. The lowest BCUT2D eigenvalue weighted by molar-refractivity contribution is 0.102. The van der Waals surface area contributed by atoms with E-state index in [1.165, 1.54) is 50.5 Å². The Morgan fingerprint density at radius 2 is 1.73 bits per heavy atom. The summed E-state index contributed by atoms with van der Waals surface area (Å²) in [6.45, 7) is 0. The van der Waals surface area contributed by atoms with Crippen molar-refractivity contribution in [3.63, 3.8) is 0 Å². The Kier molecular flexibility index (Phi) is 4.48. The smallest absolute Gasteiger partial charge is 0.255 e. The monoisotopic (exact) mass is 320 g/mol. The number of carbonyl (C=O) groups is 1. The minimum Gasteiger partial charge on any atom is -0.508 e. The number of benzene rings is 2. The molecule has 116 valence electrons. The summed E-state index contributed by atoms with van der Waals surface area (Å²) < 4.78 is 25.0. The molecule has 0 atom stereocenters. The molecule has 0 aliphatic rings. The molecule has 0 bridgehead atoms. The molecule has 0 aliphatic heterocycles. The van der Waals surface area contributed by atoms with E-state index >= 15 is 0 Å². The van der Waals surface area contributed by atoms with Gasteiger partial charge in [0.25, 0.3) is 5.91 Å². The molecule has 2 rings (SSSR count). The number of hydrogen-bond donors (Lipinski definition) is 2. The molecule has 0 heterocycles. The van der Waals surface area contributed by atoms with Crippen LogP contribution in [0, 0.1) is 0 Å². The van der Waals surface area contributed by atoms with Crippen LogP contribution in [-0.2, 0) is 10.0 Å². The molecule has 0 saturated heterocycles. The van der Waals surface area contributed by atoms with E-state index in [9.17, 15) is 18.3 Å². The molecular weight excluding hydrogens is 304 g/mol. The summed E-state index contributed by atoms with van der Waals surface area (Å²) in [7, 11) is -0.631. The van der Waals surface area contributed by atoms with E-state index < -0.39 is 10.0 Å². The average Bonchev–Trinajstić information content (AvgIpc) is 2.47. The second kappa shape index (κ2) is 6.17. The number of carbonyl (C=O) groups excluding carboxylic acids is 1. The number of sulfonamides is 1. The van der Waals surface area contributed by atoms with Crippen molar-refractivity contribution in [1.82, 2.24) is 4.31 Å². The fourth-order valence-electron chi connectivity index (χ4n) is 1.78. The SMILES string of the molecule is CN(C)S(=O)(=O)c1ccc(C(=O)Nc2cccc(O)c2)cc1. The lowest BCUT2D eigenvalue weighted by atomic mass is 10.2. The molecule has 1 amide bonds. The number of phenols is 1. The minimum atomic E-state index is -3.52. The van der Waals surface area contributed by atoms with E-state index in [2.05, 4.69) is 5.32 Å². The van der Waals surface area contributed by atoms with Gasteiger partial charge in [-0.3, -0.25) is 4.79 Å². The highest BCUT2D eigenvalue weighted by Crippen LogP contribution is 2.18. The van der Waals surface area contributed by atoms with Gasteiger partial charge in [0.1, 0.15) is 5.75 Å². The molecule has 0 fully saturated rings. The zero-order valence-electron chi connectivity index (χ0n) is 12.1. The van der Waals surface area contributed by atoms with Crippen LogP contribution in [0.3, 0.4) is 0 Å². The number of aromatic hydroxyl groups is 1. The molecule has 0 aromatic heterocycles. The van der Waals surface area contributed by atoms with Crippen LogP contribution in [0.5, 0.6) is 5.75 Å². The third-order valence-corrected chi connectivity index (χ3v) is 4.83. The normalized spacial score (nSPS) is 11.4. The summed E-state index contributed by atoms with van der Waals surface area (Å²) >= 11 is 0. The number of rotatable bonds is 4. The number of nitrogens with one attached hydrogen (secondary N) is 1. The van der Waals surface area contributed by atoms with Crippen molar-refractivity contribution in [1.29, 1.82) is 0 Å². The summed E-state index contributed by atoms with van der Waals surface area (Å²) in [6.07, 6.45) is 0. The largest absolute Gasteiger partial charge is 0.508 e. The molecule has 22 heavy (non-hydrogen) atoms. The van der Waals surface area contributed by atoms with Gasteiger partial charge in [-0.2, -0.15) is 0 Å². The summed E-state index contributed by atoms with van der Waals surface area (Å²) in [5, 5.41) is 12.0. The molecule has 0 spiro atoms. The highest BCUT2D eigenvalue weighted by atomic mass is 32.2. The molecule has 6 nitrogen and oxygen atoms in total. The van der Waals surface area contributed by atoms with Gasteiger partial charge in [-0.1, -0.05) is 6.07 Å². The molecule has 0 radical (unpaired) electrons. The van der Waals surface area contributed by atoms with E-state index in [-0.39, 0.29) is 16.6 Å². The van der Waals surface area contributed by atoms with Gasteiger partial charge >= 0.3 is 0 Å². The highest BCUT2D eigenvalue weighted by Gasteiger charge is 2.17. The first kappa shape index (κ1) is 16.0. The van der Waals surface area contributed by atoms with Gasteiger partial charge in [0, 0.05) is 31.4 Å². The van der Waals surface area contributed by atoms with Gasteiger partial charge in [0.2, 0.25) is 10.0 Å². The van der Waals surface area contributed by atoms with Crippen molar-refractivity contribution in [2.75, 3.05) is 19.4 Å². The fraction of sp³-hybridized carbons (Fsp3) is 0.133. The predicted molar refractivity (Wildman–Crippen MR) is 83.4 cm³/mol. The lowest BCUT2D eigenvalue weighted by Crippen LogP contribution is -2.22. The van der Waals surface area contributed by atoms with Gasteiger partial charge < -0.3 is 10.4 Å². The number of phenolic OH excluding ortho intramolecular Hbond substituents is 1. The topological polar surface area (TPSA) is 86.7 Å². The summed E-state index contributed by atoms with van der Waals surface area (Å²) in [6, 6.07) is 11.8. The van der Waals surface area contributed by atoms with E-state index in [0.717, 1.165) is 4.31 Å². The maximum Gasteiger partial charge on any atom is 0.255 e. The highest BCUT2D eigenvalue weighted by molar-refractivity contribution is 7.89. The van der Waals surface area contributed by atoms with E-state index in [1.54, 1.807) is 12.1 Å². The van der Waals surface area contributed by atoms with Crippen molar-refractivity contribution in [2.24, 2.45) is 0 Å². The van der Waals surface area contributed by atoms with Crippen LogP contribution < -0.4 is 5.32 Å². The van der Waals surface area contributed by atoms with Crippen LogP contribution in [0.2, 0.25) is 0 Å². The first-order valence-electron chi connectivity index (χ1n) is 6.43. The van der Waals surface area contributed by atoms with Crippen LogP contribution in [-0.4, -0.2) is 37.8 Å². The first-order valence-corrected chi connectivity index (χ1v) is 7.87. The minimum absolute atomic E-state index is 0.0465. The van der Waals surface area contributed by atoms with E-state index in [1.807, 2.05) is 0 Å². The summed E-state index contributed by atoms with van der Waals surface area (Å²) in [5.74, 6) is -0.343. The summed E-state index contributed by atoms with van der Waals surface area (Å²) in [5.41, 5.74) is 0.774. The number of anilines is 1. The Morgan fingerprint density at radius 3 is 2.27 bits per heavy atom. The maximum absolute atomic E-state index is 12.1. The van der Waals surface area contributed by atoms with Gasteiger partial charge in [-0.25, -0.2) is 12.7 Å². The van der Waals surface area contributed by atoms with Gasteiger partial charge in [-0.15, -0.1) is 0 Å². The first-order chi connectivity index (χ1) is 10.3. The molecule has 2 aromatic carbocycles. The third kappa shape index (κ3) is 3.44. The number of hydrogen-bond acceptors (Lipinski definition) is 4. The van der Waals surface area contributed by atoms with Crippen LogP contribution >= 0.6 is 0 Å². The molecule has 0 unspecified atom stereocenters. The molecule has 7 heteroatoms. The second-order valence-electron chi connectivity index (χ2n) is 4.82. The Balaban J connectivity index is 2.19. The number of amides is 1. The van der Waals surface area contributed by atoms with E-state index in [4.69, 9.17) is 0 Å². The third-order valence-electron chi connectivity index (χ3n) is 3.00. The maximum atomic E-state index is 12.1. The van der Waals surface area contributed by atoms with Gasteiger partial charge in [0.15, 0.2) is 0 Å². The van der Waals surface area contributed by atoms with Gasteiger partial charge in [0.05, 0.1) is 4.90 Å². The predicted octanol–water partition coefficient (Wildman–Crippen LogP) is 1.89. The van der Waals surface area contributed by atoms with Gasteiger partial charge in [-0.05, 0) is 36.4 Å². The molecule has 0 saturated carbocycles. The zero-order chi connectivity index (χ0) is 16.3. The molecule has 2 aromatic rings.